The molecule has 26 heavy (non-hydrogen) atoms. The van der Waals surface area contributed by atoms with E-state index in [4.69, 9.17) is 14.2 Å². The van der Waals surface area contributed by atoms with E-state index in [1.807, 2.05) is 32.9 Å². The van der Waals surface area contributed by atoms with Gasteiger partial charge in [-0.1, -0.05) is 0 Å². The maximum atomic E-state index is 12.0. The molecular formula is C20H31NO5. The molecule has 0 radical (unpaired) electrons. The maximum absolute atomic E-state index is 12.0. The third-order valence-corrected chi connectivity index (χ3v) is 3.34. The molecule has 0 aliphatic carbocycles. The Balaban J connectivity index is 2.14. The summed E-state index contributed by atoms with van der Waals surface area (Å²) in [6, 6.07) is 7.28. The van der Waals surface area contributed by atoms with Crippen LogP contribution in [0, 0.1) is 0 Å². The number of hydrogen-bond acceptors (Lipinski definition) is 6. The van der Waals surface area contributed by atoms with Crippen LogP contribution in [0.25, 0.3) is 0 Å². The number of unbranched alkanes of at least 4 members (excludes halogenated alkanes) is 2. The molecule has 0 bridgehead atoms. The van der Waals surface area contributed by atoms with Crippen LogP contribution in [-0.2, 0) is 19.0 Å². The van der Waals surface area contributed by atoms with Crippen LogP contribution in [0.4, 0.5) is 5.69 Å². The standard InChI is InChI=1S/C20H31NO5/c1-5-25-18(22)15-24-14-8-6-7-13-21-17-11-9-16(10-12-17)19(23)26-20(2,3)4/h9-12,21H,5-8,13-15H2,1-4H3. The van der Waals surface area contributed by atoms with E-state index in [1.54, 1.807) is 19.1 Å². The molecule has 0 aliphatic heterocycles. The number of benzene rings is 1. The first-order valence-corrected chi connectivity index (χ1v) is 9.12. The molecule has 146 valence electrons. The number of nitrogens with one attached hydrogen (secondary N) is 1. The zero-order valence-electron chi connectivity index (χ0n) is 16.3. The SMILES string of the molecule is CCOC(=O)COCCCCCNc1ccc(C(=O)OC(C)(C)C)cc1. The quantitative estimate of drug-likeness (QED) is 0.475. The average Bonchev–Trinajstić information content (AvgIpc) is 2.56. The van der Waals surface area contributed by atoms with Crippen molar-refractivity contribution in [2.75, 3.05) is 31.7 Å². The second-order valence-corrected chi connectivity index (χ2v) is 6.92. The van der Waals surface area contributed by atoms with Gasteiger partial charge in [0, 0.05) is 18.8 Å². The van der Waals surface area contributed by atoms with Crippen molar-refractivity contribution in [1.82, 2.24) is 0 Å². The van der Waals surface area contributed by atoms with Crippen LogP contribution < -0.4 is 5.32 Å². The molecule has 0 spiro atoms. The fraction of sp³-hybridized carbons (Fsp3) is 0.600. The zero-order valence-corrected chi connectivity index (χ0v) is 16.3. The molecule has 0 saturated carbocycles. The van der Waals surface area contributed by atoms with Gasteiger partial charge in [0.05, 0.1) is 12.2 Å². The van der Waals surface area contributed by atoms with Gasteiger partial charge in [0.25, 0.3) is 0 Å². The number of hydrogen-bond donors (Lipinski definition) is 1. The highest BCUT2D eigenvalue weighted by Crippen LogP contribution is 2.15. The Kier molecular flexibility index (Phi) is 9.73. The maximum Gasteiger partial charge on any atom is 0.338 e. The number of anilines is 1. The molecule has 0 heterocycles. The Morgan fingerprint density at radius 3 is 2.35 bits per heavy atom. The smallest absolute Gasteiger partial charge is 0.338 e. The van der Waals surface area contributed by atoms with Crippen LogP contribution in [0.15, 0.2) is 24.3 Å². The van der Waals surface area contributed by atoms with Gasteiger partial charge in [-0.3, -0.25) is 0 Å². The van der Waals surface area contributed by atoms with Crippen LogP contribution in [0.3, 0.4) is 0 Å². The number of carbonyl (C=O) groups is 2. The second kappa shape index (κ2) is 11.5. The van der Waals surface area contributed by atoms with Crippen molar-refractivity contribution in [2.45, 2.75) is 52.6 Å². The zero-order chi connectivity index (χ0) is 19.4. The molecule has 0 unspecified atom stereocenters. The van der Waals surface area contributed by atoms with E-state index in [0.29, 0.717) is 18.8 Å². The molecule has 0 atom stereocenters. The van der Waals surface area contributed by atoms with Gasteiger partial charge in [0.15, 0.2) is 0 Å². The van der Waals surface area contributed by atoms with Gasteiger partial charge >= 0.3 is 11.9 Å². The Hall–Kier alpha value is -2.08. The van der Waals surface area contributed by atoms with Crippen molar-refractivity contribution in [2.24, 2.45) is 0 Å². The van der Waals surface area contributed by atoms with E-state index < -0.39 is 5.60 Å². The van der Waals surface area contributed by atoms with Crippen molar-refractivity contribution in [3.63, 3.8) is 0 Å². The Bertz CT molecular complexity index is 548. The summed E-state index contributed by atoms with van der Waals surface area (Å²) in [4.78, 5) is 23.0. The number of carbonyl (C=O) groups excluding carboxylic acids is 2. The molecule has 0 fully saturated rings. The Labute approximate surface area is 156 Å². The lowest BCUT2D eigenvalue weighted by atomic mass is 10.1. The van der Waals surface area contributed by atoms with Crippen LogP contribution in [0.5, 0.6) is 0 Å². The van der Waals surface area contributed by atoms with Gasteiger partial charge in [-0.2, -0.15) is 0 Å². The molecular weight excluding hydrogens is 334 g/mol. The lowest BCUT2D eigenvalue weighted by Gasteiger charge is -2.19. The summed E-state index contributed by atoms with van der Waals surface area (Å²) < 4.78 is 15.4. The average molecular weight is 365 g/mol. The van der Waals surface area contributed by atoms with Gasteiger partial charge in [0.2, 0.25) is 0 Å². The van der Waals surface area contributed by atoms with Gasteiger partial charge < -0.3 is 19.5 Å². The van der Waals surface area contributed by atoms with E-state index in [-0.39, 0.29) is 18.5 Å². The van der Waals surface area contributed by atoms with Crippen molar-refractivity contribution in [1.29, 1.82) is 0 Å². The first kappa shape index (κ1) is 22.0. The molecule has 1 rings (SSSR count). The summed E-state index contributed by atoms with van der Waals surface area (Å²) in [5, 5.41) is 3.32. The van der Waals surface area contributed by atoms with Crippen molar-refractivity contribution in [3.8, 4) is 0 Å². The van der Waals surface area contributed by atoms with Gasteiger partial charge in [-0.15, -0.1) is 0 Å². The monoisotopic (exact) mass is 365 g/mol. The molecule has 1 aromatic carbocycles. The van der Waals surface area contributed by atoms with Crippen molar-refractivity contribution in [3.05, 3.63) is 29.8 Å². The van der Waals surface area contributed by atoms with E-state index in [0.717, 1.165) is 31.5 Å². The Morgan fingerprint density at radius 1 is 1.04 bits per heavy atom. The highest BCUT2D eigenvalue weighted by Gasteiger charge is 2.17. The number of rotatable bonds is 11. The largest absolute Gasteiger partial charge is 0.464 e. The molecule has 1 N–H and O–H groups in total. The molecule has 6 heteroatoms. The normalized spacial score (nSPS) is 11.1. The Morgan fingerprint density at radius 2 is 1.73 bits per heavy atom. The van der Waals surface area contributed by atoms with E-state index >= 15 is 0 Å². The van der Waals surface area contributed by atoms with Crippen LogP contribution >= 0.6 is 0 Å². The van der Waals surface area contributed by atoms with Crippen LogP contribution in [0.2, 0.25) is 0 Å². The highest BCUT2D eigenvalue weighted by molar-refractivity contribution is 5.90. The van der Waals surface area contributed by atoms with Crippen molar-refractivity contribution < 1.29 is 23.8 Å². The molecule has 1 aromatic rings. The number of esters is 2. The topological polar surface area (TPSA) is 73.9 Å². The van der Waals surface area contributed by atoms with Crippen molar-refractivity contribution >= 4 is 17.6 Å². The second-order valence-electron chi connectivity index (χ2n) is 6.92. The third-order valence-electron chi connectivity index (χ3n) is 3.34. The molecule has 0 saturated heterocycles. The third kappa shape index (κ3) is 10.0. The molecule has 0 aromatic heterocycles. The predicted octanol–water partition coefficient (Wildman–Crippen LogP) is 3.80. The molecule has 0 aliphatic rings. The first-order valence-electron chi connectivity index (χ1n) is 9.12. The fourth-order valence-corrected chi connectivity index (χ4v) is 2.16. The molecule has 0 amide bonds. The van der Waals surface area contributed by atoms with Gasteiger partial charge in [0.1, 0.15) is 12.2 Å². The molecule has 6 nitrogen and oxygen atoms in total. The summed E-state index contributed by atoms with van der Waals surface area (Å²) in [6.45, 7) is 9.12. The summed E-state index contributed by atoms with van der Waals surface area (Å²) in [7, 11) is 0. The summed E-state index contributed by atoms with van der Waals surface area (Å²) in [5.74, 6) is -0.629. The summed E-state index contributed by atoms with van der Waals surface area (Å²) in [5.41, 5.74) is 1.02. The van der Waals surface area contributed by atoms with E-state index in [9.17, 15) is 9.59 Å². The summed E-state index contributed by atoms with van der Waals surface area (Å²) in [6.07, 6.45) is 2.90. The van der Waals surface area contributed by atoms with Gasteiger partial charge in [-0.25, -0.2) is 9.59 Å². The minimum atomic E-state index is -0.492. The minimum absolute atomic E-state index is 0.0239. The first-order chi connectivity index (χ1) is 12.3. The van der Waals surface area contributed by atoms with E-state index in [2.05, 4.69) is 5.32 Å². The lowest BCUT2D eigenvalue weighted by molar-refractivity contribution is -0.148. The minimum Gasteiger partial charge on any atom is -0.464 e. The lowest BCUT2D eigenvalue weighted by Crippen LogP contribution is -2.23. The van der Waals surface area contributed by atoms with Crippen LogP contribution in [0.1, 0.15) is 57.3 Å². The van der Waals surface area contributed by atoms with Crippen LogP contribution in [-0.4, -0.2) is 43.9 Å². The van der Waals surface area contributed by atoms with E-state index in [1.165, 1.54) is 0 Å². The van der Waals surface area contributed by atoms with Gasteiger partial charge in [-0.05, 0) is 71.2 Å². The summed E-state index contributed by atoms with van der Waals surface area (Å²) >= 11 is 0. The number of ether oxygens (including phenoxy) is 3. The predicted molar refractivity (Wildman–Crippen MR) is 101 cm³/mol. The fourth-order valence-electron chi connectivity index (χ4n) is 2.16. The highest BCUT2D eigenvalue weighted by atomic mass is 16.6.